The molecule has 0 aliphatic heterocycles. The van der Waals surface area contributed by atoms with Gasteiger partial charge in [-0.1, -0.05) is 13.8 Å². The Morgan fingerprint density at radius 3 is 2.53 bits per heavy atom. The maximum Gasteiger partial charge on any atom is 0.0587 e. The van der Waals surface area contributed by atoms with E-state index in [4.69, 9.17) is 9.47 Å². The quantitative estimate of drug-likeness (QED) is 0.536. The van der Waals surface area contributed by atoms with Gasteiger partial charge in [-0.05, 0) is 44.6 Å². The Hall–Kier alpha value is -0.120. The fourth-order valence-electron chi connectivity index (χ4n) is 2.07. The lowest BCUT2D eigenvalue weighted by atomic mass is 9.93. The van der Waals surface area contributed by atoms with Crippen LogP contribution >= 0.6 is 0 Å². The molecule has 1 unspecified atom stereocenters. The molecule has 0 aliphatic rings. The Labute approximate surface area is 107 Å². The first-order chi connectivity index (χ1) is 8.20. The maximum absolute atomic E-state index is 5.39. The summed E-state index contributed by atoms with van der Waals surface area (Å²) < 4.78 is 10.4. The highest BCUT2D eigenvalue weighted by Gasteiger charge is 2.10. The third-order valence-corrected chi connectivity index (χ3v) is 2.83. The molecule has 0 amide bonds. The van der Waals surface area contributed by atoms with Gasteiger partial charge in [0, 0.05) is 26.9 Å². The highest BCUT2D eigenvalue weighted by molar-refractivity contribution is 4.65. The highest BCUT2D eigenvalue weighted by Crippen LogP contribution is 2.16. The van der Waals surface area contributed by atoms with Crippen LogP contribution in [0.2, 0.25) is 0 Å². The van der Waals surface area contributed by atoms with Crippen LogP contribution in [0.5, 0.6) is 0 Å². The summed E-state index contributed by atoms with van der Waals surface area (Å²) in [4.78, 5) is 0. The summed E-state index contributed by atoms with van der Waals surface area (Å²) in [5, 5.41) is 3.47. The van der Waals surface area contributed by atoms with E-state index >= 15 is 0 Å². The molecule has 0 saturated carbocycles. The van der Waals surface area contributed by atoms with Crippen molar-refractivity contribution in [3.63, 3.8) is 0 Å². The third-order valence-electron chi connectivity index (χ3n) is 2.83. The molecule has 0 bridgehead atoms. The molecular formula is C14H31NO2. The largest absolute Gasteiger partial charge is 0.383 e. The molecule has 0 saturated heterocycles. The second kappa shape index (κ2) is 12.3. The molecular weight excluding hydrogens is 214 g/mol. The normalized spacial score (nSPS) is 13.2. The zero-order valence-electron chi connectivity index (χ0n) is 12.1. The first kappa shape index (κ1) is 16.9. The molecule has 17 heavy (non-hydrogen) atoms. The van der Waals surface area contributed by atoms with Gasteiger partial charge in [0.2, 0.25) is 0 Å². The molecule has 1 atom stereocenters. The van der Waals surface area contributed by atoms with Crippen molar-refractivity contribution in [2.24, 2.45) is 11.8 Å². The van der Waals surface area contributed by atoms with E-state index in [2.05, 4.69) is 26.1 Å². The van der Waals surface area contributed by atoms with Gasteiger partial charge in [0.25, 0.3) is 0 Å². The van der Waals surface area contributed by atoms with Crippen molar-refractivity contribution in [1.29, 1.82) is 0 Å². The molecule has 3 heteroatoms. The van der Waals surface area contributed by atoms with Crippen LogP contribution in [-0.2, 0) is 9.47 Å². The van der Waals surface area contributed by atoms with Gasteiger partial charge in [-0.3, -0.25) is 0 Å². The monoisotopic (exact) mass is 245 g/mol. The fourth-order valence-corrected chi connectivity index (χ4v) is 2.07. The number of ether oxygens (including phenoxy) is 2. The van der Waals surface area contributed by atoms with Gasteiger partial charge in [-0.15, -0.1) is 0 Å². The second-order valence-electron chi connectivity index (χ2n) is 5.03. The molecule has 0 aliphatic carbocycles. The van der Waals surface area contributed by atoms with Crippen LogP contribution in [0.15, 0.2) is 0 Å². The smallest absolute Gasteiger partial charge is 0.0587 e. The number of methoxy groups -OCH3 is 1. The Morgan fingerprint density at radius 2 is 1.94 bits per heavy atom. The van der Waals surface area contributed by atoms with E-state index in [0.717, 1.165) is 44.7 Å². The summed E-state index contributed by atoms with van der Waals surface area (Å²) in [7, 11) is 1.75. The minimum absolute atomic E-state index is 0.771. The zero-order chi connectivity index (χ0) is 12.9. The molecule has 0 radical (unpaired) electrons. The molecule has 0 aromatic carbocycles. The molecule has 0 rings (SSSR count). The van der Waals surface area contributed by atoms with E-state index in [1.165, 1.54) is 19.3 Å². The Balaban J connectivity index is 3.64. The molecule has 0 aromatic heterocycles. The third kappa shape index (κ3) is 12.1. The summed E-state index contributed by atoms with van der Waals surface area (Å²) >= 11 is 0. The molecule has 0 heterocycles. The van der Waals surface area contributed by atoms with Crippen LogP contribution in [0.4, 0.5) is 0 Å². The highest BCUT2D eigenvalue weighted by atomic mass is 16.5. The van der Waals surface area contributed by atoms with Crippen molar-refractivity contribution in [1.82, 2.24) is 5.32 Å². The van der Waals surface area contributed by atoms with E-state index < -0.39 is 0 Å². The SMILES string of the molecule is CCOCCCC(CNCCOC)CC(C)C. The minimum Gasteiger partial charge on any atom is -0.383 e. The van der Waals surface area contributed by atoms with Crippen LogP contribution in [0.25, 0.3) is 0 Å². The molecule has 0 fully saturated rings. The van der Waals surface area contributed by atoms with Crippen LogP contribution in [0, 0.1) is 11.8 Å². The standard InChI is InChI=1S/C14H31NO2/c1-5-17-9-6-7-14(11-13(2)3)12-15-8-10-16-4/h13-15H,5-12H2,1-4H3. The van der Waals surface area contributed by atoms with E-state index in [1.54, 1.807) is 7.11 Å². The minimum atomic E-state index is 0.771. The number of nitrogens with one attached hydrogen (secondary N) is 1. The lowest BCUT2D eigenvalue weighted by Crippen LogP contribution is -2.27. The summed E-state index contributed by atoms with van der Waals surface area (Å²) in [6.07, 6.45) is 3.74. The summed E-state index contributed by atoms with van der Waals surface area (Å²) in [5.74, 6) is 1.55. The lowest BCUT2D eigenvalue weighted by molar-refractivity contribution is 0.137. The zero-order valence-corrected chi connectivity index (χ0v) is 12.1. The van der Waals surface area contributed by atoms with Gasteiger partial charge in [-0.25, -0.2) is 0 Å². The topological polar surface area (TPSA) is 30.5 Å². The molecule has 0 aromatic rings. The van der Waals surface area contributed by atoms with Crippen molar-refractivity contribution in [2.45, 2.75) is 40.0 Å². The van der Waals surface area contributed by atoms with E-state index in [-0.39, 0.29) is 0 Å². The Bertz CT molecular complexity index is 139. The van der Waals surface area contributed by atoms with Crippen LogP contribution in [0.1, 0.15) is 40.0 Å². The molecule has 104 valence electrons. The Kier molecular flexibility index (Phi) is 12.3. The van der Waals surface area contributed by atoms with Gasteiger partial charge in [-0.2, -0.15) is 0 Å². The number of hydrogen-bond acceptors (Lipinski definition) is 3. The van der Waals surface area contributed by atoms with E-state index in [9.17, 15) is 0 Å². The fraction of sp³-hybridized carbons (Fsp3) is 1.00. The summed E-state index contributed by atoms with van der Waals surface area (Å²) in [5.41, 5.74) is 0. The van der Waals surface area contributed by atoms with Gasteiger partial charge in [0.15, 0.2) is 0 Å². The van der Waals surface area contributed by atoms with E-state index in [0.29, 0.717) is 0 Å². The predicted octanol–water partition coefficient (Wildman–Crippen LogP) is 2.70. The second-order valence-corrected chi connectivity index (χ2v) is 5.03. The van der Waals surface area contributed by atoms with Gasteiger partial charge >= 0.3 is 0 Å². The average Bonchev–Trinajstić information content (AvgIpc) is 2.29. The Morgan fingerprint density at radius 1 is 1.18 bits per heavy atom. The van der Waals surface area contributed by atoms with Crippen molar-refractivity contribution in [2.75, 3.05) is 40.0 Å². The average molecular weight is 245 g/mol. The van der Waals surface area contributed by atoms with Gasteiger partial charge < -0.3 is 14.8 Å². The van der Waals surface area contributed by atoms with Gasteiger partial charge in [0.1, 0.15) is 0 Å². The van der Waals surface area contributed by atoms with Crippen LogP contribution < -0.4 is 5.32 Å². The lowest BCUT2D eigenvalue weighted by Gasteiger charge is -2.19. The van der Waals surface area contributed by atoms with Crippen molar-refractivity contribution in [3.05, 3.63) is 0 Å². The summed E-state index contributed by atoms with van der Waals surface area (Å²) in [6, 6.07) is 0. The van der Waals surface area contributed by atoms with Crippen LogP contribution in [0.3, 0.4) is 0 Å². The molecule has 0 spiro atoms. The van der Waals surface area contributed by atoms with Gasteiger partial charge in [0.05, 0.1) is 6.61 Å². The molecule has 3 nitrogen and oxygen atoms in total. The van der Waals surface area contributed by atoms with Crippen molar-refractivity contribution >= 4 is 0 Å². The summed E-state index contributed by atoms with van der Waals surface area (Å²) in [6.45, 7) is 11.2. The number of hydrogen-bond donors (Lipinski definition) is 1. The maximum atomic E-state index is 5.39. The predicted molar refractivity (Wildman–Crippen MR) is 73.4 cm³/mol. The van der Waals surface area contributed by atoms with E-state index in [1.807, 2.05) is 0 Å². The molecule has 1 N–H and O–H groups in total. The first-order valence-corrected chi connectivity index (χ1v) is 6.98. The van der Waals surface area contributed by atoms with Crippen molar-refractivity contribution < 1.29 is 9.47 Å². The first-order valence-electron chi connectivity index (χ1n) is 6.98. The van der Waals surface area contributed by atoms with Crippen LogP contribution in [-0.4, -0.2) is 40.0 Å². The number of rotatable bonds is 12. The van der Waals surface area contributed by atoms with Crippen molar-refractivity contribution in [3.8, 4) is 0 Å².